The Hall–Kier alpha value is -0.980. The molecule has 1 N–H and O–H groups in total. The molecule has 0 aromatic carbocycles. The normalized spacial score (nSPS) is 8.55. The van der Waals surface area contributed by atoms with Crippen LogP contribution in [0.25, 0.3) is 0 Å². The van der Waals surface area contributed by atoms with Gasteiger partial charge in [0.1, 0.15) is 6.61 Å². The van der Waals surface area contributed by atoms with E-state index in [1.54, 1.807) is 7.11 Å². The molecule has 0 bridgehead atoms. The van der Waals surface area contributed by atoms with Crippen LogP contribution in [0.3, 0.4) is 0 Å². The van der Waals surface area contributed by atoms with Crippen LogP contribution in [0.2, 0.25) is 0 Å². The zero-order valence-electron chi connectivity index (χ0n) is 6.13. The Bertz CT molecular complexity index is 280. The summed E-state index contributed by atoms with van der Waals surface area (Å²) in [6.07, 6.45) is 0. The number of thiophene rings is 1. The van der Waals surface area contributed by atoms with Gasteiger partial charge < -0.3 is 9.84 Å². The number of methoxy groups -OCH3 is 1. The third-order valence-corrected chi connectivity index (χ3v) is 2.04. The third-order valence-electron chi connectivity index (χ3n) is 1.07. The highest BCUT2D eigenvalue weighted by Gasteiger charge is 1.94. The molecule has 1 heterocycles. The van der Waals surface area contributed by atoms with Gasteiger partial charge in [-0.05, 0) is 12.1 Å². The Morgan fingerprint density at radius 3 is 3.00 bits per heavy atom. The van der Waals surface area contributed by atoms with Crippen molar-refractivity contribution in [3.63, 3.8) is 0 Å². The van der Waals surface area contributed by atoms with Crippen LogP contribution < -0.4 is 4.74 Å². The Labute approximate surface area is 69.4 Å². The fourth-order valence-electron chi connectivity index (χ4n) is 0.624. The lowest BCUT2D eigenvalue weighted by molar-refractivity contribution is 0.350. The van der Waals surface area contributed by atoms with Gasteiger partial charge in [-0.1, -0.05) is 23.2 Å². The predicted molar refractivity (Wildman–Crippen MR) is 44.8 cm³/mol. The second-order valence-electron chi connectivity index (χ2n) is 1.78. The zero-order valence-corrected chi connectivity index (χ0v) is 6.94. The summed E-state index contributed by atoms with van der Waals surface area (Å²) >= 11 is 1.47. The van der Waals surface area contributed by atoms with Crippen LogP contribution in [0.4, 0.5) is 0 Å². The van der Waals surface area contributed by atoms with Gasteiger partial charge in [-0.3, -0.25) is 0 Å². The molecule has 0 unspecified atom stereocenters. The maximum atomic E-state index is 8.39. The molecular formula is C8H8O2S. The molecule has 1 aromatic rings. The molecule has 3 heteroatoms. The molecule has 0 spiro atoms. The summed E-state index contributed by atoms with van der Waals surface area (Å²) in [7, 11) is 1.62. The highest BCUT2D eigenvalue weighted by atomic mass is 32.1. The number of hydrogen-bond donors (Lipinski definition) is 1. The Kier molecular flexibility index (Phi) is 2.96. The van der Waals surface area contributed by atoms with Crippen LogP contribution in [-0.4, -0.2) is 18.8 Å². The Morgan fingerprint density at radius 1 is 1.64 bits per heavy atom. The van der Waals surface area contributed by atoms with Crippen molar-refractivity contribution in [2.24, 2.45) is 0 Å². The molecule has 0 atom stereocenters. The lowest BCUT2D eigenvalue weighted by Crippen LogP contribution is -1.73. The highest BCUT2D eigenvalue weighted by Crippen LogP contribution is 2.22. The van der Waals surface area contributed by atoms with Crippen LogP contribution >= 0.6 is 11.3 Å². The first-order chi connectivity index (χ1) is 5.36. The molecule has 0 aliphatic heterocycles. The highest BCUT2D eigenvalue weighted by molar-refractivity contribution is 7.14. The minimum Gasteiger partial charge on any atom is -0.487 e. The van der Waals surface area contributed by atoms with E-state index in [9.17, 15) is 0 Å². The van der Waals surface area contributed by atoms with Crippen LogP contribution in [0.1, 0.15) is 4.88 Å². The van der Waals surface area contributed by atoms with Crippen LogP contribution in [0, 0.1) is 11.8 Å². The van der Waals surface area contributed by atoms with Crippen molar-refractivity contribution >= 4 is 11.3 Å². The first-order valence-electron chi connectivity index (χ1n) is 3.10. The van der Waals surface area contributed by atoms with E-state index >= 15 is 0 Å². The third kappa shape index (κ3) is 2.26. The van der Waals surface area contributed by atoms with E-state index in [0.717, 1.165) is 9.94 Å². The van der Waals surface area contributed by atoms with E-state index in [1.165, 1.54) is 11.3 Å². The van der Waals surface area contributed by atoms with E-state index in [0.29, 0.717) is 0 Å². The SMILES string of the molecule is COc1ccc(C#CCO)s1. The molecule has 58 valence electrons. The summed E-state index contributed by atoms with van der Waals surface area (Å²) in [5.74, 6) is 5.35. The molecule has 1 aromatic heterocycles. The average molecular weight is 168 g/mol. The zero-order chi connectivity index (χ0) is 8.10. The summed E-state index contributed by atoms with van der Waals surface area (Å²) in [6.45, 7) is -0.0970. The second-order valence-corrected chi connectivity index (χ2v) is 2.83. The topological polar surface area (TPSA) is 29.5 Å². The van der Waals surface area contributed by atoms with Crippen LogP contribution in [0.15, 0.2) is 12.1 Å². The molecule has 0 saturated heterocycles. The predicted octanol–water partition coefficient (Wildman–Crippen LogP) is 1.10. The van der Waals surface area contributed by atoms with Crippen molar-refractivity contribution in [3.8, 4) is 16.9 Å². The van der Waals surface area contributed by atoms with E-state index in [2.05, 4.69) is 11.8 Å². The molecule has 0 amide bonds. The van der Waals surface area contributed by atoms with Gasteiger partial charge in [0.25, 0.3) is 0 Å². The molecular weight excluding hydrogens is 160 g/mol. The van der Waals surface area contributed by atoms with E-state index in [4.69, 9.17) is 9.84 Å². The molecule has 0 radical (unpaired) electrons. The van der Waals surface area contributed by atoms with Gasteiger partial charge in [0, 0.05) is 0 Å². The van der Waals surface area contributed by atoms with Gasteiger partial charge in [0.15, 0.2) is 5.06 Å². The monoisotopic (exact) mass is 168 g/mol. The maximum absolute atomic E-state index is 8.39. The molecule has 11 heavy (non-hydrogen) atoms. The first-order valence-corrected chi connectivity index (χ1v) is 3.92. The summed E-state index contributed by atoms with van der Waals surface area (Å²) in [4.78, 5) is 0.913. The molecule has 0 aliphatic carbocycles. The number of hydrogen-bond acceptors (Lipinski definition) is 3. The van der Waals surface area contributed by atoms with Crippen molar-refractivity contribution in [3.05, 3.63) is 17.0 Å². The van der Waals surface area contributed by atoms with Gasteiger partial charge >= 0.3 is 0 Å². The van der Waals surface area contributed by atoms with Crippen molar-refractivity contribution in [2.75, 3.05) is 13.7 Å². The van der Waals surface area contributed by atoms with Gasteiger partial charge in [-0.15, -0.1) is 0 Å². The van der Waals surface area contributed by atoms with Gasteiger partial charge in [0.05, 0.1) is 12.0 Å². The van der Waals surface area contributed by atoms with Gasteiger partial charge in [-0.25, -0.2) is 0 Å². The summed E-state index contributed by atoms with van der Waals surface area (Å²) in [5.41, 5.74) is 0. The number of ether oxygens (including phenoxy) is 1. The van der Waals surface area contributed by atoms with Crippen molar-refractivity contribution in [1.82, 2.24) is 0 Å². The largest absolute Gasteiger partial charge is 0.487 e. The van der Waals surface area contributed by atoms with Crippen molar-refractivity contribution in [1.29, 1.82) is 0 Å². The van der Waals surface area contributed by atoms with Crippen molar-refractivity contribution in [2.45, 2.75) is 0 Å². The Morgan fingerprint density at radius 2 is 2.45 bits per heavy atom. The number of rotatable bonds is 1. The number of aliphatic hydroxyl groups is 1. The molecule has 0 aliphatic rings. The van der Waals surface area contributed by atoms with E-state index in [-0.39, 0.29) is 6.61 Å². The van der Waals surface area contributed by atoms with Crippen LogP contribution in [0.5, 0.6) is 5.06 Å². The average Bonchev–Trinajstić information content (AvgIpc) is 2.48. The smallest absolute Gasteiger partial charge is 0.174 e. The fraction of sp³-hybridized carbons (Fsp3) is 0.250. The standard InChI is InChI=1S/C8H8O2S/c1-10-8-5-4-7(11-8)3-2-6-9/h4-5,9H,6H2,1H3. The first kappa shape index (κ1) is 8.12. The minimum absolute atomic E-state index is 0.0970. The molecule has 1 rings (SSSR count). The summed E-state index contributed by atoms with van der Waals surface area (Å²) < 4.78 is 4.96. The quantitative estimate of drug-likeness (QED) is 0.636. The molecule has 2 nitrogen and oxygen atoms in total. The van der Waals surface area contributed by atoms with E-state index in [1.807, 2.05) is 12.1 Å². The summed E-state index contributed by atoms with van der Waals surface area (Å²) in [5, 5.41) is 9.23. The maximum Gasteiger partial charge on any atom is 0.174 e. The van der Waals surface area contributed by atoms with E-state index < -0.39 is 0 Å². The van der Waals surface area contributed by atoms with Crippen LogP contribution in [-0.2, 0) is 0 Å². The lowest BCUT2D eigenvalue weighted by atomic mass is 10.4. The van der Waals surface area contributed by atoms with Gasteiger partial charge in [-0.2, -0.15) is 0 Å². The Balaban J connectivity index is 2.72. The lowest BCUT2D eigenvalue weighted by Gasteiger charge is -1.87. The fourth-order valence-corrected chi connectivity index (χ4v) is 1.32. The van der Waals surface area contributed by atoms with Gasteiger partial charge in [0.2, 0.25) is 0 Å². The minimum atomic E-state index is -0.0970. The summed E-state index contributed by atoms with van der Waals surface area (Å²) in [6, 6.07) is 3.72. The van der Waals surface area contributed by atoms with Crippen molar-refractivity contribution < 1.29 is 9.84 Å². The molecule has 0 saturated carbocycles. The molecule has 0 fully saturated rings. The number of aliphatic hydroxyl groups excluding tert-OH is 1. The second kappa shape index (κ2) is 4.02.